The van der Waals surface area contributed by atoms with E-state index in [1.165, 1.54) is 24.9 Å². The van der Waals surface area contributed by atoms with Gasteiger partial charge in [-0.05, 0) is 48.9 Å². The number of hydrogen-bond acceptors (Lipinski definition) is 3. The zero-order valence-corrected chi connectivity index (χ0v) is 13.2. The molecular weight excluding hydrogens is 267 g/mol. The lowest BCUT2D eigenvalue weighted by Gasteiger charge is -2.26. The van der Waals surface area contributed by atoms with E-state index in [4.69, 9.17) is 4.74 Å². The van der Waals surface area contributed by atoms with Crippen LogP contribution in [-0.4, -0.2) is 33.4 Å². The first-order valence-electron chi connectivity index (χ1n) is 7.93. The Bertz CT molecular complexity index is 439. The van der Waals surface area contributed by atoms with E-state index in [1.807, 2.05) is 6.07 Å². The zero-order chi connectivity index (χ0) is 15.1. The highest BCUT2D eigenvalue weighted by molar-refractivity contribution is 5.54. The molecule has 0 bridgehead atoms. The second kappa shape index (κ2) is 8.35. The Kier molecular flexibility index (Phi) is 6.46. The van der Waals surface area contributed by atoms with E-state index in [0.717, 1.165) is 31.1 Å². The van der Waals surface area contributed by atoms with Crippen molar-refractivity contribution < 1.29 is 9.13 Å². The summed E-state index contributed by atoms with van der Waals surface area (Å²) in [6.45, 7) is 6.60. The summed E-state index contributed by atoms with van der Waals surface area (Å²) in [4.78, 5) is 2.41. The van der Waals surface area contributed by atoms with Gasteiger partial charge in [0.15, 0.2) is 0 Å². The Morgan fingerprint density at radius 3 is 3.00 bits per heavy atom. The van der Waals surface area contributed by atoms with Crippen LogP contribution in [0.1, 0.15) is 31.7 Å². The monoisotopic (exact) mass is 294 g/mol. The topological polar surface area (TPSA) is 24.5 Å². The standard InChI is InChI=1S/C17H27FN2O/c1-14-4-3-9-20(10-7-14)17-6-5-16(18)12-15(17)13-19-8-11-21-2/h5-6,12,14,19H,3-4,7-11,13H2,1-2H3. The molecule has 1 heterocycles. The van der Waals surface area contributed by atoms with Crippen molar-refractivity contribution in [2.75, 3.05) is 38.3 Å². The molecular formula is C17H27FN2O. The fraction of sp³-hybridized carbons (Fsp3) is 0.647. The van der Waals surface area contributed by atoms with Crippen LogP contribution in [-0.2, 0) is 11.3 Å². The van der Waals surface area contributed by atoms with Crippen LogP contribution < -0.4 is 10.2 Å². The van der Waals surface area contributed by atoms with Gasteiger partial charge in [-0.1, -0.05) is 6.92 Å². The lowest BCUT2D eigenvalue weighted by molar-refractivity contribution is 0.199. The van der Waals surface area contributed by atoms with Gasteiger partial charge in [-0.15, -0.1) is 0 Å². The predicted molar refractivity (Wildman–Crippen MR) is 85.2 cm³/mol. The van der Waals surface area contributed by atoms with Crippen molar-refractivity contribution in [3.8, 4) is 0 Å². The van der Waals surface area contributed by atoms with Gasteiger partial charge in [-0.25, -0.2) is 4.39 Å². The highest BCUT2D eigenvalue weighted by Crippen LogP contribution is 2.26. The minimum Gasteiger partial charge on any atom is -0.383 e. The van der Waals surface area contributed by atoms with E-state index in [2.05, 4.69) is 17.1 Å². The molecule has 1 fully saturated rings. The highest BCUT2D eigenvalue weighted by Gasteiger charge is 2.16. The Hall–Kier alpha value is -1.13. The molecule has 118 valence electrons. The summed E-state index contributed by atoms with van der Waals surface area (Å²) in [6, 6.07) is 5.16. The smallest absolute Gasteiger partial charge is 0.123 e. The molecule has 1 aliphatic heterocycles. The number of methoxy groups -OCH3 is 1. The van der Waals surface area contributed by atoms with Crippen molar-refractivity contribution in [2.45, 2.75) is 32.7 Å². The Labute approximate surface area is 127 Å². The number of ether oxygens (including phenoxy) is 1. The number of halogens is 1. The van der Waals surface area contributed by atoms with Crippen LogP contribution in [0.2, 0.25) is 0 Å². The third-order valence-electron chi connectivity index (χ3n) is 4.20. The van der Waals surface area contributed by atoms with E-state index in [1.54, 1.807) is 19.2 Å². The Morgan fingerprint density at radius 2 is 2.19 bits per heavy atom. The molecule has 0 radical (unpaired) electrons. The van der Waals surface area contributed by atoms with Crippen molar-refractivity contribution in [3.05, 3.63) is 29.6 Å². The maximum absolute atomic E-state index is 13.6. The summed E-state index contributed by atoms with van der Waals surface area (Å²) >= 11 is 0. The van der Waals surface area contributed by atoms with Crippen molar-refractivity contribution >= 4 is 5.69 Å². The Balaban J connectivity index is 2.06. The van der Waals surface area contributed by atoms with E-state index in [-0.39, 0.29) is 5.82 Å². The van der Waals surface area contributed by atoms with E-state index in [0.29, 0.717) is 13.2 Å². The molecule has 0 saturated carbocycles. The van der Waals surface area contributed by atoms with Crippen LogP contribution in [0.5, 0.6) is 0 Å². The fourth-order valence-electron chi connectivity index (χ4n) is 2.91. The minimum absolute atomic E-state index is 0.162. The molecule has 1 aromatic rings. The first kappa shape index (κ1) is 16.2. The summed E-state index contributed by atoms with van der Waals surface area (Å²) in [7, 11) is 1.69. The van der Waals surface area contributed by atoms with Crippen LogP contribution in [0, 0.1) is 11.7 Å². The summed E-state index contributed by atoms with van der Waals surface area (Å²) in [5.74, 6) is 0.629. The predicted octanol–water partition coefficient (Wildman–Crippen LogP) is 3.19. The number of rotatable bonds is 6. The van der Waals surface area contributed by atoms with Crippen LogP contribution in [0.3, 0.4) is 0 Å². The third-order valence-corrected chi connectivity index (χ3v) is 4.20. The summed E-state index contributed by atoms with van der Waals surface area (Å²) < 4.78 is 18.6. The van der Waals surface area contributed by atoms with Gasteiger partial charge >= 0.3 is 0 Å². The van der Waals surface area contributed by atoms with Gasteiger partial charge in [0.25, 0.3) is 0 Å². The molecule has 3 nitrogen and oxygen atoms in total. The van der Waals surface area contributed by atoms with Crippen LogP contribution in [0.25, 0.3) is 0 Å². The van der Waals surface area contributed by atoms with Gasteiger partial charge in [-0.3, -0.25) is 0 Å². The van der Waals surface area contributed by atoms with Crippen LogP contribution in [0.15, 0.2) is 18.2 Å². The first-order valence-corrected chi connectivity index (χ1v) is 7.93. The van der Waals surface area contributed by atoms with E-state index >= 15 is 0 Å². The molecule has 4 heteroatoms. The summed E-state index contributed by atoms with van der Waals surface area (Å²) in [6.07, 6.45) is 3.72. The second-order valence-electron chi connectivity index (χ2n) is 5.97. The number of benzene rings is 1. The fourth-order valence-corrected chi connectivity index (χ4v) is 2.91. The molecule has 1 aromatic carbocycles. The quantitative estimate of drug-likeness (QED) is 0.816. The molecule has 1 unspecified atom stereocenters. The number of nitrogens with zero attached hydrogens (tertiary/aromatic N) is 1. The molecule has 2 rings (SSSR count). The number of anilines is 1. The zero-order valence-electron chi connectivity index (χ0n) is 13.2. The van der Waals surface area contributed by atoms with Crippen molar-refractivity contribution in [1.82, 2.24) is 5.32 Å². The Morgan fingerprint density at radius 1 is 1.33 bits per heavy atom. The number of nitrogens with one attached hydrogen (secondary N) is 1. The molecule has 1 N–H and O–H groups in total. The molecule has 1 aliphatic rings. The van der Waals surface area contributed by atoms with Crippen molar-refractivity contribution in [1.29, 1.82) is 0 Å². The molecule has 21 heavy (non-hydrogen) atoms. The summed E-state index contributed by atoms with van der Waals surface area (Å²) in [5.41, 5.74) is 2.22. The number of hydrogen-bond donors (Lipinski definition) is 1. The minimum atomic E-state index is -0.162. The van der Waals surface area contributed by atoms with Gasteiger partial charge in [0.2, 0.25) is 0 Å². The molecule has 1 saturated heterocycles. The molecule has 1 atom stereocenters. The van der Waals surface area contributed by atoms with Crippen molar-refractivity contribution in [3.63, 3.8) is 0 Å². The maximum atomic E-state index is 13.6. The first-order chi connectivity index (χ1) is 10.2. The van der Waals surface area contributed by atoms with E-state index < -0.39 is 0 Å². The molecule has 0 aromatic heterocycles. The van der Waals surface area contributed by atoms with Gasteiger partial charge in [0.1, 0.15) is 5.82 Å². The largest absolute Gasteiger partial charge is 0.383 e. The molecule has 0 spiro atoms. The normalized spacial score (nSPS) is 19.6. The van der Waals surface area contributed by atoms with Crippen LogP contribution in [0.4, 0.5) is 10.1 Å². The lowest BCUT2D eigenvalue weighted by Crippen LogP contribution is -2.27. The summed E-state index contributed by atoms with van der Waals surface area (Å²) in [5, 5.41) is 3.32. The van der Waals surface area contributed by atoms with E-state index in [9.17, 15) is 4.39 Å². The average Bonchev–Trinajstić information content (AvgIpc) is 2.69. The van der Waals surface area contributed by atoms with Crippen molar-refractivity contribution in [2.24, 2.45) is 5.92 Å². The molecule has 0 amide bonds. The van der Waals surface area contributed by atoms with Gasteiger partial charge in [0.05, 0.1) is 6.61 Å². The van der Waals surface area contributed by atoms with Gasteiger partial charge in [-0.2, -0.15) is 0 Å². The molecule has 0 aliphatic carbocycles. The lowest BCUT2D eigenvalue weighted by atomic mass is 10.0. The highest BCUT2D eigenvalue weighted by atomic mass is 19.1. The van der Waals surface area contributed by atoms with Crippen LogP contribution >= 0.6 is 0 Å². The third kappa shape index (κ3) is 4.97. The SMILES string of the molecule is COCCNCc1cc(F)ccc1N1CCCC(C)CC1. The maximum Gasteiger partial charge on any atom is 0.123 e. The average molecular weight is 294 g/mol. The second-order valence-corrected chi connectivity index (χ2v) is 5.97. The van der Waals surface area contributed by atoms with Gasteiger partial charge in [0, 0.05) is 39.0 Å². The van der Waals surface area contributed by atoms with Gasteiger partial charge < -0.3 is 15.0 Å².